The number of benzene rings is 2. The Bertz CT molecular complexity index is 676. The van der Waals surface area contributed by atoms with Gasteiger partial charge in [-0.25, -0.2) is 4.39 Å². The summed E-state index contributed by atoms with van der Waals surface area (Å²) in [6.45, 7) is 0. The lowest BCUT2D eigenvalue weighted by Gasteiger charge is -2.12. The van der Waals surface area contributed by atoms with Gasteiger partial charge in [0.1, 0.15) is 17.3 Å². The van der Waals surface area contributed by atoms with E-state index in [2.05, 4.69) is 21.2 Å². The molecule has 0 aliphatic carbocycles. The summed E-state index contributed by atoms with van der Waals surface area (Å²) in [5.41, 5.74) is 0.828. The number of amides is 1. The Hall–Kier alpha value is -2.08. The van der Waals surface area contributed by atoms with Crippen LogP contribution in [0.3, 0.4) is 0 Å². The highest BCUT2D eigenvalue weighted by Crippen LogP contribution is 2.30. The fourth-order valence-electron chi connectivity index (χ4n) is 1.77. The number of rotatable bonds is 4. The van der Waals surface area contributed by atoms with Crippen molar-refractivity contribution in [3.8, 4) is 11.5 Å². The Morgan fingerprint density at radius 3 is 2.52 bits per heavy atom. The largest absolute Gasteiger partial charge is 0.497 e. The van der Waals surface area contributed by atoms with Gasteiger partial charge in [-0.3, -0.25) is 4.79 Å². The second kappa shape index (κ2) is 6.58. The molecule has 0 saturated carbocycles. The van der Waals surface area contributed by atoms with Crippen molar-refractivity contribution in [1.82, 2.24) is 0 Å². The van der Waals surface area contributed by atoms with E-state index >= 15 is 0 Å². The van der Waals surface area contributed by atoms with Crippen LogP contribution in [-0.2, 0) is 0 Å². The molecule has 1 N–H and O–H groups in total. The highest BCUT2D eigenvalue weighted by Gasteiger charge is 2.13. The number of hydrogen-bond donors (Lipinski definition) is 1. The van der Waals surface area contributed by atoms with Crippen molar-refractivity contribution >= 4 is 27.5 Å². The van der Waals surface area contributed by atoms with Crippen molar-refractivity contribution in [2.45, 2.75) is 0 Å². The monoisotopic (exact) mass is 353 g/mol. The predicted octanol–water partition coefficient (Wildman–Crippen LogP) is 3.86. The highest BCUT2D eigenvalue weighted by molar-refractivity contribution is 9.10. The minimum Gasteiger partial charge on any atom is -0.497 e. The molecule has 0 unspecified atom stereocenters. The molecule has 2 aromatic rings. The van der Waals surface area contributed by atoms with Crippen molar-refractivity contribution in [2.24, 2.45) is 0 Å². The topological polar surface area (TPSA) is 47.6 Å². The fraction of sp³-hybridized carbons (Fsp3) is 0.133. The van der Waals surface area contributed by atoms with Crippen LogP contribution in [0.25, 0.3) is 0 Å². The lowest BCUT2D eigenvalue weighted by atomic mass is 10.2. The van der Waals surface area contributed by atoms with E-state index in [0.717, 1.165) is 0 Å². The lowest BCUT2D eigenvalue weighted by Crippen LogP contribution is -2.13. The van der Waals surface area contributed by atoms with Crippen molar-refractivity contribution in [3.63, 3.8) is 0 Å². The van der Waals surface area contributed by atoms with Gasteiger partial charge in [-0.2, -0.15) is 0 Å². The van der Waals surface area contributed by atoms with Crippen LogP contribution in [0.4, 0.5) is 10.1 Å². The summed E-state index contributed by atoms with van der Waals surface area (Å²) in [4.78, 5) is 12.2. The average Bonchev–Trinajstić information content (AvgIpc) is 2.47. The van der Waals surface area contributed by atoms with Crippen LogP contribution in [0, 0.1) is 5.82 Å². The summed E-state index contributed by atoms with van der Waals surface area (Å²) in [5, 5.41) is 2.72. The maximum Gasteiger partial charge on any atom is 0.256 e. The van der Waals surface area contributed by atoms with Crippen molar-refractivity contribution in [3.05, 3.63) is 52.3 Å². The molecular formula is C15H13BrFNO3. The summed E-state index contributed by atoms with van der Waals surface area (Å²) < 4.78 is 23.7. The number of anilines is 1. The molecule has 6 heteroatoms. The first-order chi connectivity index (χ1) is 10.0. The molecule has 0 bridgehead atoms. The third-order valence-electron chi connectivity index (χ3n) is 2.83. The van der Waals surface area contributed by atoms with Crippen molar-refractivity contribution in [2.75, 3.05) is 19.5 Å². The van der Waals surface area contributed by atoms with E-state index < -0.39 is 5.82 Å². The molecule has 0 fully saturated rings. The quantitative estimate of drug-likeness (QED) is 0.907. The first kappa shape index (κ1) is 15.3. The zero-order valence-electron chi connectivity index (χ0n) is 11.4. The van der Waals surface area contributed by atoms with Crippen LogP contribution >= 0.6 is 15.9 Å². The standard InChI is InChI=1S/C15H13BrFNO3/c1-20-10-4-6-13(14(8-10)21-2)18-15(19)11-5-3-9(17)7-12(11)16/h3-8H,1-2H3,(H,18,19). The highest BCUT2D eigenvalue weighted by atomic mass is 79.9. The molecule has 0 spiro atoms. The van der Waals surface area contributed by atoms with Crippen LogP contribution in [0.1, 0.15) is 10.4 Å². The second-order valence-corrected chi connectivity index (χ2v) is 5.00. The van der Waals surface area contributed by atoms with Gasteiger partial charge in [-0.15, -0.1) is 0 Å². The number of nitrogens with one attached hydrogen (secondary N) is 1. The number of carbonyl (C=O) groups excluding carboxylic acids is 1. The van der Waals surface area contributed by atoms with Gasteiger partial charge in [0.2, 0.25) is 0 Å². The second-order valence-electron chi connectivity index (χ2n) is 4.14. The van der Waals surface area contributed by atoms with Gasteiger partial charge in [0.15, 0.2) is 0 Å². The summed E-state index contributed by atoms with van der Waals surface area (Å²) in [6.07, 6.45) is 0. The third kappa shape index (κ3) is 3.52. The fourth-order valence-corrected chi connectivity index (χ4v) is 2.30. The average molecular weight is 354 g/mol. The van der Waals surface area contributed by atoms with Gasteiger partial charge in [0.25, 0.3) is 5.91 Å². The maximum absolute atomic E-state index is 13.0. The zero-order chi connectivity index (χ0) is 15.4. The molecule has 110 valence electrons. The number of halogens is 2. The molecule has 21 heavy (non-hydrogen) atoms. The van der Waals surface area contributed by atoms with E-state index in [1.165, 1.54) is 25.3 Å². The van der Waals surface area contributed by atoms with Crippen molar-refractivity contribution < 1.29 is 18.7 Å². The Morgan fingerprint density at radius 2 is 1.90 bits per heavy atom. The predicted molar refractivity (Wildman–Crippen MR) is 81.6 cm³/mol. The van der Waals surface area contributed by atoms with E-state index in [-0.39, 0.29) is 5.91 Å². The SMILES string of the molecule is COc1ccc(NC(=O)c2ccc(F)cc2Br)c(OC)c1. The van der Waals surface area contributed by atoms with Crippen LogP contribution in [0.2, 0.25) is 0 Å². The molecule has 0 aliphatic heterocycles. The first-order valence-electron chi connectivity index (χ1n) is 6.03. The van der Waals surface area contributed by atoms with Gasteiger partial charge >= 0.3 is 0 Å². The van der Waals surface area contributed by atoms with E-state index in [4.69, 9.17) is 9.47 Å². The van der Waals surface area contributed by atoms with Gasteiger partial charge < -0.3 is 14.8 Å². The smallest absolute Gasteiger partial charge is 0.256 e. The first-order valence-corrected chi connectivity index (χ1v) is 6.83. The molecular weight excluding hydrogens is 341 g/mol. The number of carbonyl (C=O) groups is 1. The van der Waals surface area contributed by atoms with E-state index in [1.54, 1.807) is 25.3 Å². The lowest BCUT2D eigenvalue weighted by molar-refractivity contribution is 0.102. The van der Waals surface area contributed by atoms with Gasteiger partial charge in [0, 0.05) is 10.5 Å². The minimum absolute atomic E-state index is 0.328. The summed E-state index contributed by atoms with van der Waals surface area (Å²) in [5.74, 6) is 0.305. The molecule has 0 atom stereocenters. The number of hydrogen-bond acceptors (Lipinski definition) is 3. The molecule has 0 heterocycles. The summed E-state index contributed by atoms with van der Waals surface area (Å²) in [7, 11) is 3.04. The van der Waals surface area contributed by atoms with Crippen LogP contribution in [-0.4, -0.2) is 20.1 Å². The Morgan fingerprint density at radius 1 is 1.14 bits per heavy atom. The van der Waals surface area contributed by atoms with E-state index in [9.17, 15) is 9.18 Å². The van der Waals surface area contributed by atoms with Crippen molar-refractivity contribution in [1.29, 1.82) is 0 Å². The molecule has 0 aromatic heterocycles. The minimum atomic E-state index is -0.416. The normalized spacial score (nSPS) is 10.1. The number of ether oxygens (including phenoxy) is 2. The molecule has 2 aromatic carbocycles. The van der Waals surface area contributed by atoms with Gasteiger partial charge in [0.05, 0.1) is 25.5 Å². The molecule has 0 aliphatic rings. The summed E-state index contributed by atoms with van der Waals surface area (Å²) in [6, 6.07) is 8.91. The zero-order valence-corrected chi connectivity index (χ0v) is 13.0. The van der Waals surface area contributed by atoms with Gasteiger partial charge in [-0.1, -0.05) is 0 Å². The Kier molecular flexibility index (Phi) is 4.80. The third-order valence-corrected chi connectivity index (χ3v) is 3.49. The molecule has 2 rings (SSSR count). The Labute approximate surface area is 130 Å². The molecule has 4 nitrogen and oxygen atoms in total. The summed E-state index contributed by atoms with van der Waals surface area (Å²) >= 11 is 3.17. The van der Waals surface area contributed by atoms with Crippen LogP contribution in [0.15, 0.2) is 40.9 Å². The number of methoxy groups -OCH3 is 2. The van der Waals surface area contributed by atoms with Crippen LogP contribution < -0.4 is 14.8 Å². The van der Waals surface area contributed by atoms with E-state index in [0.29, 0.717) is 27.2 Å². The van der Waals surface area contributed by atoms with E-state index in [1.807, 2.05) is 0 Å². The molecule has 0 radical (unpaired) electrons. The maximum atomic E-state index is 13.0. The molecule has 1 amide bonds. The van der Waals surface area contributed by atoms with Crippen LogP contribution in [0.5, 0.6) is 11.5 Å². The molecule has 0 saturated heterocycles. The van der Waals surface area contributed by atoms with Gasteiger partial charge in [-0.05, 0) is 46.3 Å². The Balaban J connectivity index is 2.27.